The van der Waals surface area contributed by atoms with Gasteiger partial charge in [0.15, 0.2) is 0 Å². The van der Waals surface area contributed by atoms with Crippen LogP contribution in [-0.2, 0) is 6.54 Å². The molecule has 0 aliphatic heterocycles. The van der Waals surface area contributed by atoms with Gasteiger partial charge >= 0.3 is 0 Å². The average molecular weight is 376 g/mol. The number of hydrogen-bond acceptors (Lipinski definition) is 5. The Morgan fingerprint density at radius 3 is 2.75 bits per heavy atom. The molecular weight excluding hydrogens is 358 g/mol. The molecule has 1 atom stereocenters. The summed E-state index contributed by atoms with van der Waals surface area (Å²) in [5.41, 5.74) is 0.695. The highest BCUT2D eigenvalue weighted by atomic mass is 32.2. The Bertz CT molecular complexity index is 811. The minimum Gasteiger partial charge on any atom is -0.382 e. The molecule has 1 amide bonds. The van der Waals surface area contributed by atoms with Crippen LogP contribution in [0, 0.1) is 0 Å². The molecule has 0 aliphatic rings. The Labute approximate surface area is 153 Å². The Morgan fingerprint density at radius 2 is 2.00 bits per heavy atom. The van der Waals surface area contributed by atoms with Crippen molar-refractivity contribution in [3.05, 3.63) is 74.1 Å². The highest BCUT2D eigenvalue weighted by molar-refractivity contribution is 7.98. The van der Waals surface area contributed by atoms with Crippen molar-refractivity contribution in [2.45, 2.75) is 17.5 Å². The molecule has 24 heavy (non-hydrogen) atoms. The molecule has 2 heterocycles. The van der Waals surface area contributed by atoms with Gasteiger partial charge in [0.25, 0.3) is 5.91 Å². The van der Waals surface area contributed by atoms with E-state index in [1.54, 1.807) is 11.8 Å². The third-order valence-corrected chi connectivity index (χ3v) is 6.40. The molecule has 0 spiro atoms. The lowest BCUT2D eigenvalue weighted by Gasteiger charge is -2.08. The number of aliphatic hydroxyl groups excluding tert-OH is 1. The molecule has 0 unspecified atom stereocenters. The summed E-state index contributed by atoms with van der Waals surface area (Å²) >= 11 is 4.62. The maximum Gasteiger partial charge on any atom is 0.252 e. The fourth-order valence-electron chi connectivity index (χ4n) is 2.32. The molecule has 0 radical (unpaired) electrons. The highest BCUT2D eigenvalue weighted by Gasteiger charge is 2.15. The van der Waals surface area contributed by atoms with E-state index in [9.17, 15) is 9.90 Å². The second kappa shape index (κ2) is 7.98. The number of thiophene rings is 2. The average Bonchev–Trinajstić information content (AvgIpc) is 3.30. The van der Waals surface area contributed by atoms with Gasteiger partial charge in [-0.3, -0.25) is 4.79 Å². The van der Waals surface area contributed by atoms with E-state index in [1.807, 2.05) is 60.2 Å². The van der Waals surface area contributed by atoms with E-state index < -0.39 is 6.10 Å². The molecule has 6 heteroatoms. The maximum atomic E-state index is 12.4. The second-order valence-electron chi connectivity index (χ2n) is 5.10. The summed E-state index contributed by atoms with van der Waals surface area (Å²) in [6.45, 7) is 0.462. The summed E-state index contributed by atoms with van der Waals surface area (Å²) in [4.78, 5) is 16.2. The summed E-state index contributed by atoms with van der Waals surface area (Å²) in [6, 6.07) is 15.3. The topological polar surface area (TPSA) is 49.3 Å². The number of thioether (sulfide) groups is 1. The van der Waals surface area contributed by atoms with Crippen LogP contribution >= 0.6 is 34.4 Å². The van der Waals surface area contributed by atoms with Crippen LogP contribution in [0.15, 0.2) is 58.8 Å². The number of hydrogen-bond donors (Lipinski definition) is 2. The smallest absolute Gasteiger partial charge is 0.252 e. The largest absolute Gasteiger partial charge is 0.382 e. The molecule has 3 aromatic rings. The number of benzene rings is 1. The summed E-state index contributed by atoms with van der Waals surface area (Å²) in [6.07, 6.45) is 1.38. The molecule has 3 rings (SSSR count). The molecule has 2 N–H and O–H groups in total. The van der Waals surface area contributed by atoms with E-state index in [0.29, 0.717) is 12.1 Å². The maximum absolute atomic E-state index is 12.4. The van der Waals surface area contributed by atoms with Gasteiger partial charge in [0, 0.05) is 19.5 Å². The number of aliphatic hydroxyl groups is 1. The minimum absolute atomic E-state index is 0.0753. The summed E-state index contributed by atoms with van der Waals surface area (Å²) in [7, 11) is 0. The van der Waals surface area contributed by atoms with Crippen molar-refractivity contribution in [1.29, 1.82) is 0 Å². The molecule has 2 aromatic heterocycles. The second-order valence-corrected chi connectivity index (χ2v) is 8.13. The fraction of sp³-hybridized carbons (Fsp3) is 0.167. The van der Waals surface area contributed by atoms with Crippen LogP contribution in [0.3, 0.4) is 0 Å². The van der Waals surface area contributed by atoms with E-state index in [0.717, 1.165) is 19.5 Å². The third kappa shape index (κ3) is 3.89. The van der Waals surface area contributed by atoms with Gasteiger partial charge in [-0.25, -0.2) is 0 Å². The summed E-state index contributed by atoms with van der Waals surface area (Å²) in [5, 5.41) is 15.3. The molecular formula is C18H17NO2S3. The predicted molar refractivity (Wildman–Crippen MR) is 102 cm³/mol. The van der Waals surface area contributed by atoms with Gasteiger partial charge in [-0.05, 0) is 42.0 Å². The number of rotatable bonds is 6. The van der Waals surface area contributed by atoms with Crippen molar-refractivity contribution >= 4 is 40.3 Å². The Morgan fingerprint density at radius 1 is 1.17 bits per heavy atom. The Kier molecular flexibility index (Phi) is 5.73. The zero-order valence-electron chi connectivity index (χ0n) is 13.1. The quantitative estimate of drug-likeness (QED) is 0.622. The van der Waals surface area contributed by atoms with Crippen molar-refractivity contribution in [2.24, 2.45) is 0 Å². The Balaban J connectivity index is 1.64. The van der Waals surface area contributed by atoms with E-state index in [4.69, 9.17) is 0 Å². The zero-order chi connectivity index (χ0) is 16.9. The van der Waals surface area contributed by atoms with Gasteiger partial charge in [0.05, 0.1) is 12.1 Å². The predicted octanol–water partition coefficient (Wildman–Crippen LogP) is 4.54. The first-order valence-electron chi connectivity index (χ1n) is 7.40. The third-order valence-electron chi connectivity index (χ3n) is 3.54. The fourth-order valence-corrected chi connectivity index (χ4v) is 4.67. The SMILES string of the molecule is CSc1ccccc1C(=O)NCc1ccc([C@H](O)c2cccs2)s1. The molecule has 0 fully saturated rings. The lowest BCUT2D eigenvalue weighted by atomic mass is 10.2. The van der Waals surface area contributed by atoms with Crippen molar-refractivity contribution in [2.75, 3.05) is 6.26 Å². The van der Waals surface area contributed by atoms with Crippen LogP contribution in [0.2, 0.25) is 0 Å². The molecule has 0 saturated carbocycles. The van der Waals surface area contributed by atoms with Gasteiger partial charge in [0.2, 0.25) is 0 Å². The number of amides is 1. The Hall–Kier alpha value is -1.60. The first-order chi connectivity index (χ1) is 11.7. The first kappa shape index (κ1) is 17.2. The normalized spacial score (nSPS) is 12.1. The molecule has 0 aliphatic carbocycles. The molecule has 0 saturated heterocycles. The number of carbonyl (C=O) groups excluding carboxylic acids is 1. The van der Waals surface area contributed by atoms with E-state index in [2.05, 4.69) is 5.32 Å². The van der Waals surface area contributed by atoms with Crippen molar-refractivity contribution < 1.29 is 9.90 Å². The van der Waals surface area contributed by atoms with Crippen LogP contribution < -0.4 is 5.32 Å². The van der Waals surface area contributed by atoms with Crippen LogP contribution in [0.4, 0.5) is 0 Å². The van der Waals surface area contributed by atoms with Crippen LogP contribution in [-0.4, -0.2) is 17.3 Å². The van der Waals surface area contributed by atoms with E-state index >= 15 is 0 Å². The van der Waals surface area contributed by atoms with Gasteiger partial charge in [-0.15, -0.1) is 34.4 Å². The molecule has 3 nitrogen and oxygen atoms in total. The molecule has 0 bridgehead atoms. The van der Waals surface area contributed by atoms with Crippen LogP contribution in [0.1, 0.15) is 31.1 Å². The van der Waals surface area contributed by atoms with Crippen molar-refractivity contribution in [3.8, 4) is 0 Å². The van der Waals surface area contributed by atoms with Crippen LogP contribution in [0.5, 0.6) is 0 Å². The van der Waals surface area contributed by atoms with Gasteiger partial charge < -0.3 is 10.4 Å². The number of nitrogens with one attached hydrogen (secondary N) is 1. The minimum atomic E-state index is -0.586. The summed E-state index contributed by atoms with van der Waals surface area (Å²) < 4.78 is 0. The van der Waals surface area contributed by atoms with Gasteiger partial charge in [-0.1, -0.05) is 18.2 Å². The van der Waals surface area contributed by atoms with Crippen molar-refractivity contribution in [1.82, 2.24) is 5.32 Å². The number of carbonyl (C=O) groups is 1. The highest BCUT2D eigenvalue weighted by Crippen LogP contribution is 2.31. The monoisotopic (exact) mass is 375 g/mol. The van der Waals surface area contributed by atoms with Gasteiger partial charge in [-0.2, -0.15) is 0 Å². The first-order valence-corrected chi connectivity index (χ1v) is 10.3. The lowest BCUT2D eigenvalue weighted by Crippen LogP contribution is -2.22. The van der Waals surface area contributed by atoms with E-state index in [-0.39, 0.29) is 5.91 Å². The molecule has 1 aromatic carbocycles. The molecule has 124 valence electrons. The van der Waals surface area contributed by atoms with Gasteiger partial charge in [0.1, 0.15) is 6.10 Å². The lowest BCUT2D eigenvalue weighted by molar-refractivity contribution is 0.0948. The zero-order valence-corrected chi connectivity index (χ0v) is 15.5. The van der Waals surface area contributed by atoms with Crippen molar-refractivity contribution in [3.63, 3.8) is 0 Å². The standard InChI is InChI=1S/C18H17NO2S3/c1-22-14-6-3-2-5-13(14)18(21)19-11-12-8-9-16(24-12)17(20)15-7-4-10-23-15/h2-10,17,20H,11H2,1H3,(H,19,21)/t17-/m1/s1. The van der Waals surface area contributed by atoms with Crippen LogP contribution in [0.25, 0.3) is 0 Å². The summed E-state index contributed by atoms with van der Waals surface area (Å²) in [5.74, 6) is -0.0753. The van der Waals surface area contributed by atoms with E-state index in [1.165, 1.54) is 22.7 Å².